The molecule has 1 aromatic heterocycles. The smallest absolute Gasteiger partial charge is 0.228 e. The van der Waals surface area contributed by atoms with Gasteiger partial charge in [0.05, 0.1) is 12.0 Å². The number of thiazole rings is 1. The number of hydrogen-bond acceptors (Lipinski definition) is 3. The molecule has 0 spiro atoms. The zero-order chi connectivity index (χ0) is 7.56. The lowest BCUT2D eigenvalue weighted by atomic mass is 10.6. The summed E-state index contributed by atoms with van der Waals surface area (Å²) in [5, 5.41) is 0.675. The molecule has 0 aliphatic heterocycles. The molecule has 52 valence electrons. The van der Waals surface area contributed by atoms with Crippen molar-refractivity contribution in [2.45, 2.75) is 6.92 Å². The quantitative estimate of drug-likeness (QED) is 0.569. The van der Waals surface area contributed by atoms with E-state index in [2.05, 4.69) is 10.9 Å². The first-order valence-electron chi connectivity index (χ1n) is 2.76. The third-order valence-corrected chi connectivity index (χ3v) is 1.95. The van der Waals surface area contributed by atoms with Gasteiger partial charge in [-0.15, -0.1) is 17.8 Å². The van der Waals surface area contributed by atoms with Crippen LogP contribution in [0.1, 0.15) is 9.88 Å². The third kappa shape index (κ3) is 1.12. The van der Waals surface area contributed by atoms with Gasteiger partial charge in [0.25, 0.3) is 0 Å². The molecule has 0 amide bonds. The summed E-state index contributed by atoms with van der Waals surface area (Å²) in [6, 6.07) is 0. The molecule has 0 radical (unpaired) electrons. The molecule has 0 bridgehead atoms. The summed E-state index contributed by atoms with van der Waals surface area (Å²) in [4.78, 5) is 5.03. The Bertz CT molecular complexity index is 272. The number of nitrogens with zero attached hydrogens (tertiary/aromatic N) is 1. The Morgan fingerprint density at radius 1 is 1.70 bits per heavy atom. The van der Waals surface area contributed by atoms with Gasteiger partial charge in [-0.1, -0.05) is 0 Å². The Labute approximate surface area is 63.9 Å². The first-order valence-corrected chi connectivity index (χ1v) is 3.57. The van der Waals surface area contributed by atoms with Crippen LogP contribution in [0, 0.1) is 19.3 Å². The molecule has 2 nitrogen and oxygen atoms in total. The van der Waals surface area contributed by atoms with Gasteiger partial charge in [-0.25, -0.2) is 0 Å². The monoisotopic (exact) mass is 153 g/mol. The largest absolute Gasteiger partial charge is 0.480 e. The molecule has 10 heavy (non-hydrogen) atoms. The lowest BCUT2D eigenvalue weighted by Gasteiger charge is -1.90. The van der Waals surface area contributed by atoms with Gasteiger partial charge in [-0.05, 0) is 12.8 Å². The van der Waals surface area contributed by atoms with Crippen LogP contribution in [0.15, 0.2) is 0 Å². The fourth-order valence-corrected chi connectivity index (χ4v) is 1.33. The van der Waals surface area contributed by atoms with Crippen LogP contribution in [0.3, 0.4) is 0 Å². The molecule has 0 unspecified atom stereocenters. The van der Waals surface area contributed by atoms with Gasteiger partial charge in [-0.2, -0.15) is 4.98 Å². The van der Waals surface area contributed by atoms with Gasteiger partial charge in [0, 0.05) is 0 Å². The van der Waals surface area contributed by atoms with Gasteiger partial charge >= 0.3 is 0 Å². The molecule has 0 saturated heterocycles. The molecular formula is C7H7NOS. The third-order valence-electron chi connectivity index (χ3n) is 1.07. The molecule has 0 atom stereocenters. The van der Waals surface area contributed by atoms with Crippen LogP contribution in [0.5, 0.6) is 5.88 Å². The molecule has 0 saturated carbocycles. The number of aromatic nitrogens is 1. The van der Waals surface area contributed by atoms with Crippen molar-refractivity contribution >= 4 is 11.3 Å². The SMILES string of the molecule is C#Cc1nc(OC)c(C)s1. The minimum Gasteiger partial charge on any atom is -0.480 e. The van der Waals surface area contributed by atoms with Crippen molar-refractivity contribution in [3.8, 4) is 18.2 Å². The van der Waals surface area contributed by atoms with Gasteiger partial charge in [0.2, 0.25) is 5.88 Å². The van der Waals surface area contributed by atoms with Crippen molar-refractivity contribution in [3.05, 3.63) is 9.88 Å². The van der Waals surface area contributed by atoms with Crippen molar-refractivity contribution in [2.75, 3.05) is 7.11 Å². The number of ether oxygens (including phenoxy) is 1. The van der Waals surface area contributed by atoms with Crippen molar-refractivity contribution < 1.29 is 4.74 Å². The normalized spacial score (nSPS) is 8.90. The fourth-order valence-electron chi connectivity index (χ4n) is 0.634. The standard InChI is InChI=1S/C7H7NOS/c1-4-6-8-7(9-3)5(2)10-6/h1H,2-3H3. The predicted octanol–water partition coefficient (Wildman–Crippen LogP) is 1.44. The maximum atomic E-state index is 5.13. The van der Waals surface area contributed by atoms with Gasteiger partial charge in [0.1, 0.15) is 0 Å². The highest BCUT2D eigenvalue weighted by Crippen LogP contribution is 2.22. The summed E-state index contributed by atoms with van der Waals surface area (Å²) in [7, 11) is 1.59. The predicted molar refractivity (Wildman–Crippen MR) is 41.3 cm³/mol. The molecule has 0 aromatic carbocycles. The number of aryl methyl sites for hydroxylation is 1. The Morgan fingerprint density at radius 3 is 2.70 bits per heavy atom. The second kappa shape index (κ2) is 2.72. The van der Waals surface area contributed by atoms with E-state index in [-0.39, 0.29) is 0 Å². The highest BCUT2D eigenvalue weighted by molar-refractivity contribution is 7.12. The number of hydrogen-bond donors (Lipinski definition) is 0. The van der Waals surface area contributed by atoms with E-state index in [1.807, 2.05) is 6.92 Å². The average Bonchev–Trinajstić information content (AvgIpc) is 2.30. The fraction of sp³-hybridized carbons (Fsp3) is 0.286. The van der Waals surface area contributed by atoms with Crippen LogP contribution in [0.4, 0.5) is 0 Å². The lowest BCUT2D eigenvalue weighted by molar-refractivity contribution is 0.398. The van der Waals surface area contributed by atoms with Gasteiger partial charge in [-0.3, -0.25) is 0 Å². The zero-order valence-electron chi connectivity index (χ0n) is 5.84. The van der Waals surface area contributed by atoms with Crippen molar-refractivity contribution in [1.82, 2.24) is 4.98 Å². The van der Waals surface area contributed by atoms with Crippen LogP contribution in [-0.4, -0.2) is 12.1 Å². The highest BCUT2D eigenvalue weighted by Gasteiger charge is 2.03. The van der Waals surface area contributed by atoms with E-state index in [9.17, 15) is 0 Å². The van der Waals surface area contributed by atoms with Crippen molar-refractivity contribution in [1.29, 1.82) is 0 Å². The Morgan fingerprint density at radius 2 is 2.40 bits per heavy atom. The minimum atomic E-state index is 0.637. The van der Waals surface area contributed by atoms with E-state index in [4.69, 9.17) is 11.2 Å². The van der Waals surface area contributed by atoms with E-state index >= 15 is 0 Å². The summed E-state index contributed by atoms with van der Waals surface area (Å²) in [5.74, 6) is 3.09. The van der Waals surface area contributed by atoms with Crippen molar-refractivity contribution in [2.24, 2.45) is 0 Å². The highest BCUT2D eigenvalue weighted by atomic mass is 32.1. The van der Waals surface area contributed by atoms with Crippen LogP contribution in [0.25, 0.3) is 0 Å². The maximum Gasteiger partial charge on any atom is 0.228 e. The number of rotatable bonds is 1. The molecule has 0 N–H and O–H groups in total. The topological polar surface area (TPSA) is 22.1 Å². The number of methoxy groups -OCH3 is 1. The Balaban J connectivity index is 3.07. The molecule has 0 aliphatic carbocycles. The van der Waals surface area contributed by atoms with E-state index in [0.29, 0.717) is 10.9 Å². The van der Waals surface area contributed by atoms with Crippen LogP contribution >= 0.6 is 11.3 Å². The molecule has 0 aliphatic rings. The van der Waals surface area contributed by atoms with E-state index in [1.165, 1.54) is 11.3 Å². The van der Waals surface area contributed by atoms with Crippen molar-refractivity contribution in [3.63, 3.8) is 0 Å². The number of terminal acetylenes is 1. The molecule has 1 rings (SSSR count). The second-order valence-corrected chi connectivity index (χ2v) is 2.93. The van der Waals surface area contributed by atoms with Crippen LogP contribution < -0.4 is 4.74 Å². The summed E-state index contributed by atoms with van der Waals surface area (Å²) in [6.45, 7) is 1.93. The Kier molecular flexibility index (Phi) is 1.93. The zero-order valence-corrected chi connectivity index (χ0v) is 6.66. The average molecular weight is 153 g/mol. The first-order chi connectivity index (χ1) is 4.77. The summed E-state index contributed by atoms with van der Waals surface area (Å²) in [5.41, 5.74) is 0. The molecule has 1 heterocycles. The first kappa shape index (κ1) is 7.10. The molecular weight excluding hydrogens is 146 g/mol. The Hall–Kier alpha value is -1.01. The van der Waals surface area contributed by atoms with Crippen LogP contribution in [0.2, 0.25) is 0 Å². The minimum absolute atomic E-state index is 0.637. The van der Waals surface area contributed by atoms with E-state index in [0.717, 1.165) is 4.88 Å². The molecule has 3 heteroatoms. The van der Waals surface area contributed by atoms with Gasteiger partial charge < -0.3 is 4.74 Å². The lowest BCUT2D eigenvalue weighted by Crippen LogP contribution is -1.83. The second-order valence-electron chi connectivity index (χ2n) is 1.73. The molecule has 0 fully saturated rings. The summed E-state index contributed by atoms with van der Waals surface area (Å²) in [6.07, 6.45) is 5.13. The molecule has 1 aromatic rings. The maximum absolute atomic E-state index is 5.13. The van der Waals surface area contributed by atoms with Crippen LogP contribution in [-0.2, 0) is 0 Å². The van der Waals surface area contributed by atoms with E-state index in [1.54, 1.807) is 7.11 Å². The summed E-state index contributed by atoms with van der Waals surface area (Å²) >= 11 is 1.47. The van der Waals surface area contributed by atoms with Gasteiger partial charge in [0.15, 0.2) is 5.01 Å². The summed E-state index contributed by atoms with van der Waals surface area (Å²) < 4.78 is 4.93. The van der Waals surface area contributed by atoms with E-state index < -0.39 is 0 Å².